The fraction of sp³-hybridized carbons (Fsp3) is 0.235. The average Bonchev–Trinajstić information content (AvgIpc) is 2.45. The van der Waals surface area contributed by atoms with Crippen molar-refractivity contribution in [3.63, 3.8) is 0 Å². The highest BCUT2D eigenvalue weighted by molar-refractivity contribution is 5.78. The topological polar surface area (TPSA) is 49.3 Å². The lowest BCUT2D eigenvalue weighted by molar-refractivity contribution is -0.120. The molecule has 1 atom stereocenters. The summed E-state index contributed by atoms with van der Waals surface area (Å²) in [6, 6.07) is 13.7. The summed E-state index contributed by atoms with van der Waals surface area (Å²) in [5.41, 5.74) is 2.19. The Morgan fingerprint density at radius 1 is 1.24 bits per heavy atom. The molecule has 0 aromatic heterocycles. The van der Waals surface area contributed by atoms with E-state index in [1.165, 1.54) is 12.1 Å². The number of halogens is 1. The Kier molecular flexibility index (Phi) is 5.06. The van der Waals surface area contributed by atoms with E-state index in [-0.39, 0.29) is 24.4 Å². The van der Waals surface area contributed by atoms with Crippen molar-refractivity contribution in [1.82, 2.24) is 5.32 Å². The van der Waals surface area contributed by atoms with Crippen LogP contribution < -0.4 is 5.32 Å². The van der Waals surface area contributed by atoms with Crippen LogP contribution in [0.1, 0.15) is 22.8 Å². The molecule has 2 N–H and O–H groups in total. The van der Waals surface area contributed by atoms with Gasteiger partial charge >= 0.3 is 0 Å². The molecule has 2 rings (SSSR count). The molecule has 4 heteroatoms. The maximum Gasteiger partial charge on any atom is 0.224 e. The highest BCUT2D eigenvalue weighted by Gasteiger charge is 2.13. The van der Waals surface area contributed by atoms with E-state index in [4.69, 9.17) is 0 Å². The van der Waals surface area contributed by atoms with Crippen molar-refractivity contribution in [2.24, 2.45) is 0 Å². The molecule has 2 aromatic carbocycles. The average molecular weight is 287 g/mol. The van der Waals surface area contributed by atoms with Crippen molar-refractivity contribution in [3.8, 4) is 0 Å². The van der Waals surface area contributed by atoms with E-state index in [2.05, 4.69) is 5.32 Å². The second kappa shape index (κ2) is 6.99. The number of carbonyl (C=O) groups is 1. The second-order valence-electron chi connectivity index (χ2n) is 5.01. The molecule has 1 amide bonds. The lowest BCUT2D eigenvalue weighted by atomic mass is 10.1. The van der Waals surface area contributed by atoms with E-state index >= 15 is 0 Å². The molecule has 0 saturated heterocycles. The molecule has 0 heterocycles. The molecule has 110 valence electrons. The maximum atomic E-state index is 13.5. The Balaban J connectivity index is 1.88. The van der Waals surface area contributed by atoms with E-state index in [0.717, 1.165) is 11.1 Å². The Hall–Kier alpha value is -2.20. The van der Waals surface area contributed by atoms with E-state index < -0.39 is 11.9 Å². The van der Waals surface area contributed by atoms with Crippen molar-refractivity contribution < 1.29 is 14.3 Å². The summed E-state index contributed by atoms with van der Waals surface area (Å²) in [5.74, 6) is -0.672. The van der Waals surface area contributed by atoms with Crippen molar-refractivity contribution in [1.29, 1.82) is 0 Å². The number of aliphatic hydroxyl groups excluding tert-OH is 1. The second-order valence-corrected chi connectivity index (χ2v) is 5.01. The molecule has 0 spiro atoms. The Bertz CT molecular complexity index is 628. The van der Waals surface area contributed by atoms with Gasteiger partial charge in [0.05, 0.1) is 12.5 Å². The van der Waals surface area contributed by atoms with Crippen molar-refractivity contribution in [2.75, 3.05) is 6.54 Å². The molecule has 1 unspecified atom stereocenters. The summed E-state index contributed by atoms with van der Waals surface area (Å²) in [6.45, 7) is 1.95. The van der Waals surface area contributed by atoms with Gasteiger partial charge in [-0.25, -0.2) is 4.39 Å². The number of benzene rings is 2. The van der Waals surface area contributed by atoms with Crippen LogP contribution in [0.5, 0.6) is 0 Å². The van der Waals surface area contributed by atoms with Gasteiger partial charge in [0.2, 0.25) is 5.91 Å². The predicted molar refractivity (Wildman–Crippen MR) is 79.3 cm³/mol. The largest absolute Gasteiger partial charge is 0.386 e. The molecule has 0 aliphatic rings. The molecular weight excluding hydrogens is 269 g/mol. The predicted octanol–water partition coefficient (Wildman–Crippen LogP) is 2.53. The number of carbonyl (C=O) groups excluding carboxylic acids is 1. The van der Waals surface area contributed by atoms with Crippen LogP contribution in [-0.4, -0.2) is 17.6 Å². The summed E-state index contributed by atoms with van der Waals surface area (Å²) in [4.78, 5) is 11.8. The number of amides is 1. The van der Waals surface area contributed by atoms with Gasteiger partial charge in [0, 0.05) is 12.1 Å². The number of nitrogens with one attached hydrogen (secondary N) is 1. The fourth-order valence-electron chi connectivity index (χ4n) is 2.14. The third-order valence-corrected chi connectivity index (χ3v) is 3.20. The lowest BCUT2D eigenvalue weighted by Crippen LogP contribution is -2.30. The van der Waals surface area contributed by atoms with Gasteiger partial charge in [-0.15, -0.1) is 0 Å². The Morgan fingerprint density at radius 2 is 2.00 bits per heavy atom. The zero-order chi connectivity index (χ0) is 15.2. The van der Waals surface area contributed by atoms with Crippen molar-refractivity contribution in [2.45, 2.75) is 19.4 Å². The number of aliphatic hydroxyl groups is 1. The van der Waals surface area contributed by atoms with Gasteiger partial charge in [0.15, 0.2) is 0 Å². The van der Waals surface area contributed by atoms with E-state index in [1.54, 1.807) is 12.1 Å². The summed E-state index contributed by atoms with van der Waals surface area (Å²) in [6.07, 6.45) is -0.807. The molecule has 0 aliphatic heterocycles. The number of aryl methyl sites for hydroxylation is 1. The van der Waals surface area contributed by atoms with Crippen LogP contribution in [0.2, 0.25) is 0 Å². The quantitative estimate of drug-likeness (QED) is 0.888. The Labute approximate surface area is 123 Å². The maximum absolute atomic E-state index is 13.5. The van der Waals surface area contributed by atoms with Crippen LogP contribution in [0.4, 0.5) is 4.39 Å². The van der Waals surface area contributed by atoms with Crippen molar-refractivity contribution >= 4 is 5.91 Å². The summed E-state index contributed by atoms with van der Waals surface area (Å²) < 4.78 is 13.5. The number of hydrogen-bond donors (Lipinski definition) is 2. The first kappa shape index (κ1) is 15.2. The van der Waals surface area contributed by atoms with Gasteiger partial charge < -0.3 is 10.4 Å². The third-order valence-electron chi connectivity index (χ3n) is 3.20. The Morgan fingerprint density at radius 3 is 2.71 bits per heavy atom. The first-order valence-electron chi connectivity index (χ1n) is 6.81. The molecular formula is C17H18FNO2. The number of hydrogen-bond acceptors (Lipinski definition) is 2. The van der Waals surface area contributed by atoms with Gasteiger partial charge in [-0.3, -0.25) is 4.79 Å². The molecule has 21 heavy (non-hydrogen) atoms. The van der Waals surface area contributed by atoms with Gasteiger partial charge in [0.25, 0.3) is 0 Å². The van der Waals surface area contributed by atoms with E-state index in [9.17, 15) is 14.3 Å². The first-order valence-corrected chi connectivity index (χ1v) is 6.81. The van der Waals surface area contributed by atoms with Crippen LogP contribution in [0, 0.1) is 12.7 Å². The minimum Gasteiger partial charge on any atom is -0.386 e. The molecule has 0 radical (unpaired) electrons. The third kappa shape index (κ3) is 4.39. The summed E-state index contributed by atoms with van der Waals surface area (Å²) in [7, 11) is 0. The standard InChI is InChI=1S/C17H18FNO2/c1-12-5-4-6-13(9-12)10-17(21)19-11-16(20)14-7-2-3-8-15(14)18/h2-9,16,20H,10-11H2,1H3,(H,19,21). The molecule has 0 aliphatic carbocycles. The highest BCUT2D eigenvalue weighted by atomic mass is 19.1. The SMILES string of the molecule is Cc1cccc(CC(=O)NCC(O)c2ccccc2F)c1. The van der Waals surface area contributed by atoms with Crippen LogP contribution in [0.25, 0.3) is 0 Å². The smallest absolute Gasteiger partial charge is 0.224 e. The first-order chi connectivity index (χ1) is 10.1. The minimum atomic E-state index is -1.05. The van der Waals surface area contributed by atoms with Crippen LogP contribution in [0.15, 0.2) is 48.5 Å². The van der Waals surface area contributed by atoms with E-state index in [1.807, 2.05) is 31.2 Å². The minimum absolute atomic E-state index is 0.00835. The van der Waals surface area contributed by atoms with Gasteiger partial charge in [-0.1, -0.05) is 48.0 Å². The van der Waals surface area contributed by atoms with Crippen molar-refractivity contribution in [3.05, 3.63) is 71.0 Å². The molecule has 0 fully saturated rings. The lowest BCUT2D eigenvalue weighted by Gasteiger charge is -2.13. The van der Waals surface area contributed by atoms with Gasteiger partial charge in [-0.2, -0.15) is 0 Å². The summed E-state index contributed by atoms with van der Waals surface area (Å²) in [5, 5.41) is 12.5. The highest BCUT2D eigenvalue weighted by Crippen LogP contribution is 2.15. The molecule has 3 nitrogen and oxygen atoms in total. The molecule has 2 aromatic rings. The summed E-state index contributed by atoms with van der Waals surface area (Å²) >= 11 is 0. The number of rotatable bonds is 5. The normalized spacial score (nSPS) is 12.0. The molecule has 0 saturated carbocycles. The van der Waals surface area contributed by atoms with Crippen LogP contribution in [0.3, 0.4) is 0 Å². The van der Waals surface area contributed by atoms with Gasteiger partial charge in [-0.05, 0) is 18.6 Å². The molecule has 0 bridgehead atoms. The fourth-order valence-corrected chi connectivity index (χ4v) is 2.14. The zero-order valence-corrected chi connectivity index (χ0v) is 11.8. The monoisotopic (exact) mass is 287 g/mol. The van der Waals surface area contributed by atoms with E-state index in [0.29, 0.717) is 0 Å². The van der Waals surface area contributed by atoms with Gasteiger partial charge in [0.1, 0.15) is 5.82 Å². The van der Waals surface area contributed by atoms with Crippen LogP contribution in [-0.2, 0) is 11.2 Å². The van der Waals surface area contributed by atoms with Crippen LogP contribution >= 0.6 is 0 Å². The zero-order valence-electron chi connectivity index (χ0n) is 11.8.